The Hall–Kier alpha value is -3.03. The fourth-order valence-electron chi connectivity index (χ4n) is 7.68. The molecule has 7 atom stereocenters. The summed E-state index contributed by atoms with van der Waals surface area (Å²) in [6, 6.07) is 16.0. The van der Waals surface area contributed by atoms with Gasteiger partial charge in [0.15, 0.2) is 12.1 Å². The molecule has 1 aliphatic heterocycles. The van der Waals surface area contributed by atoms with E-state index >= 15 is 0 Å². The topological polar surface area (TPSA) is 100 Å². The van der Waals surface area contributed by atoms with Gasteiger partial charge in [0.2, 0.25) is 0 Å². The number of carbonyl (C=O) groups excluding carboxylic acids is 1. The maximum absolute atomic E-state index is 14.7. The monoisotopic (exact) mass is 738 g/mol. The number of ketones is 1. The van der Waals surface area contributed by atoms with Gasteiger partial charge in [0, 0.05) is 45.6 Å². The molecular formula is C41H58O10Si. The molecule has 1 heterocycles. The summed E-state index contributed by atoms with van der Waals surface area (Å²) < 4.78 is 55.6. The average Bonchev–Trinajstić information content (AvgIpc) is 3.43. The Morgan fingerprint density at radius 1 is 0.923 bits per heavy atom. The highest BCUT2D eigenvalue weighted by Gasteiger charge is 2.57. The molecule has 0 N–H and O–H groups in total. The molecule has 1 saturated heterocycles. The van der Waals surface area contributed by atoms with Crippen molar-refractivity contribution in [2.45, 2.75) is 89.0 Å². The van der Waals surface area contributed by atoms with Crippen molar-refractivity contribution in [1.82, 2.24) is 0 Å². The van der Waals surface area contributed by atoms with E-state index in [2.05, 4.69) is 46.1 Å². The summed E-state index contributed by atoms with van der Waals surface area (Å²) >= 11 is 0. The van der Waals surface area contributed by atoms with Crippen LogP contribution in [0.4, 0.5) is 0 Å². The largest absolute Gasteiger partial charge is 0.497 e. The molecule has 0 amide bonds. The van der Waals surface area contributed by atoms with Gasteiger partial charge in [-0.3, -0.25) is 4.79 Å². The van der Waals surface area contributed by atoms with E-state index in [9.17, 15) is 4.79 Å². The SMILES string of the molecule is C=C[C@H]1O[C@@H](c2ccc(OC)cc2)OC[C@@]1(OCOCC[Si](C)(C)C)[C@@H]1CC(=O)[C@H](OCOC)[C@H]2CC/C(=C/[C@H]1Oc1ccc(OC)cc1)C2(C)C. The van der Waals surface area contributed by atoms with Crippen molar-refractivity contribution in [3.05, 3.63) is 78.4 Å². The predicted octanol–water partition coefficient (Wildman–Crippen LogP) is 7.76. The lowest BCUT2D eigenvalue weighted by Gasteiger charge is -2.50. The van der Waals surface area contributed by atoms with E-state index in [0.717, 1.165) is 30.2 Å². The van der Waals surface area contributed by atoms with E-state index in [1.54, 1.807) is 27.4 Å². The number of methoxy groups -OCH3 is 3. The molecule has 1 saturated carbocycles. The van der Waals surface area contributed by atoms with Crippen molar-refractivity contribution in [2.75, 3.05) is 48.1 Å². The zero-order valence-electron chi connectivity index (χ0n) is 32.2. The molecule has 2 bridgehead atoms. The third-order valence-corrected chi connectivity index (χ3v) is 12.6. The molecule has 0 unspecified atom stereocenters. The van der Waals surface area contributed by atoms with Crippen LogP contribution in [0.25, 0.3) is 0 Å². The van der Waals surface area contributed by atoms with Gasteiger partial charge in [-0.05, 0) is 66.8 Å². The van der Waals surface area contributed by atoms with E-state index in [0.29, 0.717) is 18.1 Å². The number of hydrogen-bond acceptors (Lipinski definition) is 10. The normalized spacial score (nSPS) is 30.0. The second-order valence-corrected chi connectivity index (χ2v) is 21.4. The Labute approximate surface area is 310 Å². The molecule has 2 aliphatic carbocycles. The third kappa shape index (κ3) is 9.18. The highest BCUT2D eigenvalue weighted by atomic mass is 28.3. The summed E-state index contributed by atoms with van der Waals surface area (Å²) in [5.74, 6) is 1.36. The first-order valence-electron chi connectivity index (χ1n) is 18.3. The summed E-state index contributed by atoms with van der Waals surface area (Å²) in [5, 5.41) is 0. The molecule has 0 aromatic heterocycles. The van der Waals surface area contributed by atoms with Gasteiger partial charge in [-0.15, -0.1) is 6.58 Å². The van der Waals surface area contributed by atoms with Gasteiger partial charge in [-0.2, -0.15) is 0 Å². The summed E-state index contributed by atoms with van der Waals surface area (Å²) in [6.45, 7) is 16.2. The molecular weight excluding hydrogens is 681 g/mol. The van der Waals surface area contributed by atoms with Crippen LogP contribution in [-0.2, 0) is 33.2 Å². The van der Waals surface area contributed by atoms with Crippen molar-refractivity contribution < 1.29 is 47.4 Å². The lowest BCUT2D eigenvalue weighted by molar-refractivity contribution is -0.324. The minimum Gasteiger partial charge on any atom is -0.497 e. The second-order valence-electron chi connectivity index (χ2n) is 15.7. The fraction of sp³-hybridized carbons (Fsp3) is 0.585. The maximum atomic E-state index is 14.7. The Morgan fingerprint density at radius 2 is 1.58 bits per heavy atom. The van der Waals surface area contributed by atoms with Crippen molar-refractivity contribution in [2.24, 2.45) is 17.3 Å². The molecule has 0 radical (unpaired) electrons. The van der Waals surface area contributed by atoms with Crippen LogP contribution in [0.3, 0.4) is 0 Å². The number of hydrogen-bond donors (Lipinski definition) is 0. The molecule has 286 valence electrons. The van der Waals surface area contributed by atoms with Crippen molar-refractivity contribution in [3.63, 3.8) is 0 Å². The Balaban J connectivity index is 1.60. The molecule has 5 rings (SSSR count). The minimum atomic E-state index is -1.36. The van der Waals surface area contributed by atoms with Crippen LogP contribution in [0.5, 0.6) is 17.2 Å². The van der Waals surface area contributed by atoms with E-state index in [1.165, 1.54) is 5.57 Å². The van der Waals surface area contributed by atoms with E-state index in [1.807, 2.05) is 48.5 Å². The van der Waals surface area contributed by atoms with E-state index < -0.39 is 44.2 Å². The first-order valence-corrected chi connectivity index (χ1v) is 22.0. The minimum absolute atomic E-state index is 0.0100. The van der Waals surface area contributed by atoms with Crippen LogP contribution in [0.15, 0.2) is 72.8 Å². The molecule has 10 nitrogen and oxygen atoms in total. The number of Topliss-reactive ketones (excluding diaryl/α,β-unsaturated/α-hetero) is 1. The number of carbonyl (C=O) groups is 1. The summed E-state index contributed by atoms with van der Waals surface area (Å²) in [6.07, 6.45) is 2.89. The predicted molar refractivity (Wildman–Crippen MR) is 201 cm³/mol. The van der Waals surface area contributed by atoms with Crippen LogP contribution >= 0.6 is 0 Å². The van der Waals surface area contributed by atoms with Crippen LogP contribution in [-0.4, -0.2) is 85.9 Å². The van der Waals surface area contributed by atoms with Crippen molar-refractivity contribution in [1.29, 1.82) is 0 Å². The first-order chi connectivity index (χ1) is 24.8. The van der Waals surface area contributed by atoms with Gasteiger partial charge in [0.05, 0.1) is 20.8 Å². The van der Waals surface area contributed by atoms with Crippen LogP contribution in [0.2, 0.25) is 25.7 Å². The average molecular weight is 739 g/mol. The quantitative estimate of drug-likeness (QED) is 0.0736. The molecule has 3 aliphatic rings. The number of benzene rings is 2. The second kappa shape index (κ2) is 17.4. The number of rotatable bonds is 16. The Bertz CT molecular complexity index is 1500. The fourth-order valence-corrected chi connectivity index (χ4v) is 8.44. The van der Waals surface area contributed by atoms with Gasteiger partial charge in [0.25, 0.3) is 0 Å². The van der Waals surface area contributed by atoms with Crippen LogP contribution in [0, 0.1) is 17.3 Å². The molecule has 11 heteroatoms. The van der Waals surface area contributed by atoms with Gasteiger partial charge in [0.1, 0.15) is 54.7 Å². The molecule has 2 aromatic rings. The number of fused-ring (bicyclic) bond motifs is 2. The maximum Gasteiger partial charge on any atom is 0.184 e. The highest BCUT2D eigenvalue weighted by molar-refractivity contribution is 6.76. The highest BCUT2D eigenvalue weighted by Crippen LogP contribution is 2.52. The summed E-state index contributed by atoms with van der Waals surface area (Å²) in [7, 11) is 3.47. The lowest BCUT2D eigenvalue weighted by atomic mass is 9.74. The van der Waals surface area contributed by atoms with Gasteiger partial charge < -0.3 is 42.6 Å². The Kier molecular flexibility index (Phi) is 13.4. The Morgan fingerprint density at radius 3 is 2.19 bits per heavy atom. The molecule has 2 fully saturated rings. The van der Waals surface area contributed by atoms with Crippen molar-refractivity contribution in [3.8, 4) is 17.2 Å². The molecule has 52 heavy (non-hydrogen) atoms. The molecule has 2 aromatic carbocycles. The molecule has 0 spiro atoms. The van der Waals surface area contributed by atoms with E-state index in [4.69, 9.17) is 42.6 Å². The van der Waals surface area contributed by atoms with Crippen LogP contribution in [0.1, 0.15) is 45.0 Å². The number of ether oxygens (including phenoxy) is 9. The van der Waals surface area contributed by atoms with Crippen molar-refractivity contribution >= 4 is 13.9 Å². The third-order valence-electron chi connectivity index (χ3n) is 10.9. The smallest absolute Gasteiger partial charge is 0.184 e. The van der Waals surface area contributed by atoms with Gasteiger partial charge in [-0.1, -0.05) is 57.3 Å². The summed E-state index contributed by atoms with van der Waals surface area (Å²) in [5.41, 5.74) is 0.438. The van der Waals surface area contributed by atoms with Gasteiger partial charge >= 0.3 is 0 Å². The standard InChI is InChI=1S/C41H58O10Si/c1-10-37-41(49-27-46-21-22-52(7,8)9,25-47-39(51-37)28-11-14-30(44-5)15-12-28)34-24-35(42)38(48-26-43-4)33-20-13-29(40(33,2)3)23-36(34)50-32-18-16-31(45-6)17-19-32/h10-12,14-19,23,33-34,36-39H,1,13,20-22,24-27H2,2-9H3/b29-23-/t33-,34-,36-,37-,38-,39+,41-/m1/s1. The van der Waals surface area contributed by atoms with Crippen LogP contribution < -0.4 is 14.2 Å². The first kappa shape index (κ1) is 40.2. The zero-order valence-corrected chi connectivity index (χ0v) is 33.2. The van der Waals surface area contributed by atoms with E-state index in [-0.39, 0.29) is 43.7 Å². The summed E-state index contributed by atoms with van der Waals surface area (Å²) in [4.78, 5) is 14.7. The van der Waals surface area contributed by atoms with Gasteiger partial charge in [-0.25, -0.2) is 0 Å². The lowest BCUT2D eigenvalue weighted by Crippen LogP contribution is -2.62. The zero-order chi connectivity index (χ0) is 37.5. The number of allylic oxidation sites excluding steroid dienone is 1.